The second kappa shape index (κ2) is 7.36. The number of benzene rings is 1. The Hall–Kier alpha value is -2.45. The normalized spacial score (nSPS) is 21.2. The predicted molar refractivity (Wildman–Crippen MR) is 80.2 cm³/mol. The van der Waals surface area contributed by atoms with Gasteiger partial charge in [0.15, 0.2) is 0 Å². The molecule has 0 spiro atoms. The Bertz CT molecular complexity index is 585. The third kappa shape index (κ3) is 4.26. The molecule has 1 saturated carbocycles. The second-order valence-electron chi connectivity index (χ2n) is 5.00. The molecule has 4 heteroatoms. The summed E-state index contributed by atoms with van der Waals surface area (Å²) in [6.45, 7) is 4.05. The van der Waals surface area contributed by atoms with Gasteiger partial charge in [0.05, 0.1) is 12.0 Å². The maximum Gasteiger partial charge on any atom is 0.311 e. The number of hydrogen-bond donors (Lipinski definition) is 0. The number of esters is 1. The number of ether oxygens (including phenoxy) is 1. The quantitative estimate of drug-likeness (QED) is 0.361. The van der Waals surface area contributed by atoms with Gasteiger partial charge in [-0.3, -0.25) is 4.79 Å². The van der Waals surface area contributed by atoms with E-state index in [0.717, 1.165) is 11.1 Å². The number of carbonyl (C=O) groups excluding carboxylic acids is 2. The second-order valence-corrected chi connectivity index (χ2v) is 5.00. The van der Waals surface area contributed by atoms with Crippen molar-refractivity contribution < 1.29 is 14.3 Å². The minimum Gasteiger partial charge on any atom is -0.461 e. The lowest BCUT2D eigenvalue weighted by atomic mass is 10.0. The van der Waals surface area contributed by atoms with E-state index < -0.39 is 5.92 Å². The van der Waals surface area contributed by atoms with Crippen LogP contribution in [0.1, 0.15) is 18.4 Å². The van der Waals surface area contributed by atoms with Crippen LogP contribution in [0.15, 0.2) is 53.6 Å². The Kier molecular flexibility index (Phi) is 5.24. The van der Waals surface area contributed by atoms with Crippen LogP contribution in [0.3, 0.4) is 0 Å². The first-order valence-electron chi connectivity index (χ1n) is 6.82. The average molecular weight is 283 g/mol. The summed E-state index contributed by atoms with van der Waals surface area (Å²) in [6, 6.07) is 9.39. The van der Waals surface area contributed by atoms with E-state index in [-0.39, 0.29) is 18.6 Å². The maximum absolute atomic E-state index is 12.0. The van der Waals surface area contributed by atoms with E-state index in [0.29, 0.717) is 12.8 Å². The molecule has 1 aromatic rings. The van der Waals surface area contributed by atoms with Crippen LogP contribution in [0.2, 0.25) is 0 Å². The summed E-state index contributed by atoms with van der Waals surface area (Å²) in [7, 11) is 0. The highest BCUT2D eigenvalue weighted by Crippen LogP contribution is 2.32. The van der Waals surface area contributed by atoms with E-state index in [9.17, 15) is 9.59 Å². The van der Waals surface area contributed by atoms with Gasteiger partial charge in [-0.05, 0) is 24.5 Å². The van der Waals surface area contributed by atoms with Crippen LogP contribution in [0.25, 0.3) is 6.08 Å². The van der Waals surface area contributed by atoms with Gasteiger partial charge in [-0.1, -0.05) is 48.6 Å². The SMILES string of the molecule is C=C1C[C@H](N=C=O)[C@H](C(=O)OC/C=C/c2ccccc2)C1. The minimum absolute atomic E-state index is 0.203. The Labute approximate surface area is 123 Å². The summed E-state index contributed by atoms with van der Waals surface area (Å²) in [4.78, 5) is 26.0. The molecule has 0 aliphatic heterocycles. The molecule has 2 rings (SSSR count). The predicted octanol–water partition coefficient (Wildman–Crippen LogP) is 2.91. The molecular weight excluding hydrogens is 266 g/mol. The largest absolute Gasteiger partial charge is 0.461 e. The van der Waals surface area contributed by atoms with Crippen molar-refractivity contribution in [1.29, 1.82) is 0 Å². The molecule has 1 aliphatic carbocycles. The topological polar surface area (TPSA) is 55.7 Å². The van der Waals surface area contributed by atoms with Crippen molar-refractivity contribution in [3.8, 4) is 0 Å². The van der Waals surface area contributed by atoms with Gasteiger partial charge in [-0.15, -0.1) is 0 Å². The van der Waals surface area contributed by atoms with Crippen molar-refractivity contribution in [2.24, 2.45) is 10.9 Å². The Balaban J connectivity index is 1.85. The van der Waals surface area contributed by atoms with Crippen molar-refractivity contribution in [3.05, 3.63) is 54.1 Å². The Morgan fingerprint density at radius 3 is 2.86 bits per heavy atom. The summed E-state index contributed by atoms with van der Waals surface area (Å²) in [6.07, 6.45) is 6.27. The molecule has 108 valence electrons. The standard InChI is InChI=1S/C17H17NO3/c1-13-10-15(16(11-13)18-12-19)17(20)21-9-5-8-14-6-3-2-4-7-14/h2-8,15-16H,1,9-11H2/b8-5+/t15-,16+/m1/s1. The lowest BCUT2D eigenvalue weighted by Crippen LogP contribution is -2.24. The first-order chi connectivity index (χ1) is 10.2. The van der Waals surface area contributed by atoms with E-state index >= 15 is 0 Å². The lowest BCUT2D eigenvalue weighted by Gasteiger charge is -2.12. The minimum atomic E-state index is -0.413. The molecule has 4 nitrogen and oxygen atoms in total. The third-order valence-corrected chi connectivity index (χ3v) is 3.42. The zero-order valence-electron chi connectivity index (χ0n) is 11.7. The summed E-state index contributed by atoms with van der Waals surface area (Å²) < 4.78 is 5.22. The van der Waals surface area contributed by atoms with Gasteiger partial charge in [0, 0.05) is 0 Å². The average Bonchev–Trinajstić information content (AvgIpc) is 2.86. The van der Waals surface area contributed by atoms with Crippen LogP contribution in [0.4, 0.5) is 0 Å². The zero-order chi connectivity index (χ0) is 15.1. The summed E-state index contributed by atoms with van der Waals surface area (Å²) in [5.74, 6) is -0.751. The molecule has 0 N–H and O–H groups in total. The molecule has 0 bridgehead atoms. The van der Waals surface area contributed by atoms with E-state index in [2.05, 4.69) is 11.6 Å². The lowest BCUT2D eigenvalue weighted by molar-refractivity contribution is -0.147. The first-order valence-corrected chi connectivity index (χ1v) is 6.82. The molecule has 0 aromatic heterocycles. The number of carbonyl (C=O) groups is 1. The fourth-order valence-corrected chi connectivity index (χ4v) is 2.40. The van der Waals surface area contributed by atoms with Gasteiger partial charge < -0.3 is 4.74 Å². The Morgan fingerprint density at radius 1 is 1.38 bits per heavy atom. The molecule has 1 aromatic carbocycles. The zero-order valence-corrected chi connectivity index (χ0v) is 11.7. The van der Waals surface area contributed by atoms with Crippen molar-refractivity contribution in [1.82, 2.24) is 0 Å². The number of hydrogen-bond acceptors (Lipinski definition) is 4. The molecular formula is C17H17NO3. The fraction of sp³-hybridized carbons (Fsp3) is 0.294. The van der Waals surface area contributed by atoms with E-state index in [1.807, 2.05) is 36.4 Å². The molecule has 1 aliphatic rings. The van der Waals surface area contributed by atoms with Gasteiger partial charge >= 0.3 is 5.97 Å². The van der Waals surface area contributed by atoms with Gasteiger partial charge in [0.25, 0.3) is 0 Å². The molecule has 0 heterocycles. The summed E-state index contributed by atoms with van der Waals surface area (Å²) >= 11 is 0. The Morgan fingerprint density at radius 2 is 2.14 bits per heavy atom. The molecule has 1 fully saturated rings. The van der Waals surface area contributed by atoms with Crippen molar-refractivity contribution >= 4 is 18.1 Å². The van der Waals surface area contributed by atoms with Crippen molar-refractivity contribution in [2.75, 3.05) is 6.61 Å². The van der Waals surface area contributed by atoms with Crippen LogP contribution >= 0.6 is 0 Å². The van der Waals surface area contributed by atoms with E-state index in [4.69, 9.17) is 4.74 Å². The molecule has 0 radical (unpaired) electrons. The van der Waals surface area contributed by atoms with Gasteiger partial charge in [-0.2, -0.15) is 0 Å². The monoisotopic (exact) mass is 283 g/mol. The van der Waals surface area contributed by atoms with Crippen LogP contribution in [0.5, 0.6) is 0 Å². The van der Waals surface area contributed by atoms with E-state index in [1.54, 1.807) is 6.08 Å². The van der Waals surface area contributed by atoms with Crippen LogP contribution in [-0.2, 0) is 14.3 Å². The van der Waals surface area contributed by atoms with Crippen molar-refractivity contribution in [2.45, 2.75) is 18.9 Å². The number of rotatable bonds is 5. The van der Waals surface area contributed by atoms with Crippen LogP contribution in [-0.4, -0.2) is 24.7 Å². The summed E-state index contributed by atoms with van der Waals surface area (Å²) in [5, 5.41) is 0. The number of isocyanates is 1. The highest BCUT2D eigenvalue weighted by atomic mass is 16.5. The van der Waals surface area contributed by atoms with Gasteiger partial charge in [0.1, 0.15) is 6.61 Å². The smallest absolute Gasteiger partial charge is 0.311 e. The van der Waals surface area contributed by atoms with E-state index in [1.165, 1.54) is 6.08 Å². The highest BCUT2D eigenvalue weighted by molar-refractivity contribution is 5.75. The molecule has 21 heavy (non-hydrogen) atoms. The molecule has 0 saturated heterocycles. The molecule has 0 unspecified atom stereocenters. The van der Waals surface area contributed by atoms with Gasteiger partial charge in [-0.25, -0.2) is 9.79 Å². The van der Waals surface area contributed by atoms with Crippen LogP contribution < -0.4 is 0 Å². The van der Waals surface area contributed by atoms with Crippen molar-refractivity contribution in [3.63, 3.8) is 0 Å². The summed E-state index contributed by atoms with van der Waals surface area (Å²) in [5.41, 5.74) is 1.96. The molecule has 2 atom stereocenters. The first kappa shape index (κ1) is 14.9. The third-order valence-electron chi connectivity index (χ3n) is 3.42. The van der Waals surface area contributed by atoms with Crippen LogP contribution in [0, 0.1) is 5.92 Å². The maximum atomic E-state index is 12.0. The number of aliphatic imine (C=N–C) groups is 1. The van der Waals surface area contributed by atoms with Gasteiger partial charge in [0.2, 0.25) is 6.08 Å². The fourth-order valence-electron chi connectivity index (χ4n) is 2.40. The highest BCUT2D eigenvalue weighted by Gasteiger charge is 2.36. The number of nitrogens with zero attached hydrogens (tertiary/aromatic N) is 1. The molecule has 0 amide bonds.